The number of carbonyl (C=O) groups excluding carboxylic acids is 1. The van der Waals surface area contributed by atoms with Crippen LogP contribution in [0.1, 0.15) is 40.5 Å². The highest BCUT2D eigenvalue weighted by Crippen LogP contribution is 2.21. The molecule has 0 amide bonds. The molecule has 1 saturated heterocycles. The van der Waals surface area contributed by atoms with Crippen molar-refractivity contribution in [2.45, 2.75) is 46.1 Å². The lowest BCUT2D eigenvalue weighted by molar-refractivity contribution is -0.122. The molecule has 1 rings (SSSR count). The summed E-state index contributed by atoms with van der Waals surface area (Å²) in [5.41, 5.74) is 0.0219. The predicted octanol–water partition coefficient (Wildman–Crippen LogP) is 1.68. The van der Waals surface area contributed by atoms with Crippen molar-refractivity contribution in [1.29, 1.82) is 0 Å². The van der Waals surface area contributed by atoms with E-state index >= 15 is 0 Å². The maximum absolute atomic E-state index is 11.9. The first-order valence-corrected chi connectivity index (χ1v) is 6.39. The van der Waals surface area contributed by atoms with Crippen LogP contribution in [0, 0.1) is 5.92 Å². The van der Waals surface area contributed by atoms with Gasteiger partial charge in [0, 0.05) is 44.6 Å². The molecular formula is C13H26N2O. The summed E-state index contributed by atoms with van der Waals surface area (Å²) in [7, 11) is 0. The fraction of sp³-hybridized carbons (Fsp3) is 0.923. The van der Waals surface area contributed by atoms with Crippen LogP contribution in [0.3, 0.4) is 0 Å². The Morgan fingerprint density at radius 1 is 1.31 bits per heavy atom. The monoisotopic (exact) mass is 226 g/mol. The molecule has 1 aliphatic rings. The van der Waals surface area contributed by atoms with E-state index in [2.05, 4.69) is 37.9 Å². The first-order chi connectivity index (χ1) is 7.42. The van der Waals surface area contributed by atoms with E-state index in [1.54, 1.807) is 0 Å². The molecule has 0 unspecified atom stereocenters. The van der Waals surface area contributed by atoms with Crippen LogP contribution in [0.4, 0.5) is 0 Å². The Labute approximate surface area is 99.6 Å². The first-order valence-electron chi connectivity index (χ1n) is 6.39. The van der Waals surface area contributed by atoms with Gasteiger partial charge in [0.15, 0.2) is 0 Å². The molecule has 1 heterocycles. The van der Waals surface area contributed by atoms with Crippen LogP contribution in [-0.2, 0) is 4.79 Å². The largest absolute Gasteiger partial charge is 0.314 e. The second kappa shape index (κ2) is 5.78. The molecule has 0 bridgehead atoms. The molecule has 0 spiro atoms. The van der Waals surface area contributed by atoms with Gasteiger partial charge in [-0.25, -0.2) is 0 Å². The van der Waals surface area contributed by atoms with E-state index in [4.69, 9.17) is 0 Å². The number of hydrogen-bond acceptors (Lipinski definition) is 3. The highest BCUT2D eigenvalue weighted by Gasteiger charge is 2.29. The highest BCUT2D eigenvalue weighted by atomic mass is 16.1. The Bertz CT molecular complexity index is 230. The molecule has 3 heteroatoms. The average molecular weight is 226 g/mol. The van der Waals surface area contributed by atoms with Crippen LogP contribution in [0.15, 0.2) is 0 Å². The topological polar surface area (TPSA) is 32.3 Å². The zero-order chi connectivity index (χ0) is 12.2. The van der Waals surface area contributed by atoms with Crippen molar-refractivity contribution in [1.82, 2.24) is 10.2 Å². The number of nitrogens with zero attached hydrogens (tertiary/aromatic N) is 1. The zero-order valence-electron chi connectivity index (χ0n) is 11.2. The normalized spacial score (nSPS) is 19.1. The molecule has 1 fully saturated rings. The van der Waals surface area contributed by atoms with Crippen LogP contribution in [0.5, 0.6) is 0 Å². The number of nitrogens with one attached hydrogen (secondary N) is 1. The number of hydrogen-bond donors (Lipinski definition) is 1. The third kappa shape index (κ3) is 4.22. The molecule has 0 radical (unpaired) electrons. The molecule has 1 aliphatic heterocycles. The van der Waals surface area contributed by atoms with Gasteiger partial charge >= 0.3 is 0 Å². The Kier molecular flexibility index (Phi) is 4.93. The van der Waals surface area contributed by atoms with Crippen molar-refractivity contribution >= 4 is 5.78 Å². The van der Waals surface area contributed by atoms with Crippen molar-refractivity contribution in [3.05, 3.63) is 0 Å². The van der Waals surface area contributed by atoms with Gasteiger partial charge in [0.25, 0.3) is 0 Å². The SMILES string of the molecule is CC(C)CC(=O)CC(C)(C)N1CCNCC1. The Balaban J connectivity index is 2.45. The summed E-state index contributed by atoms with van der Waals surface area (Å²) < 4.78 is 0. The van der Waals surface area contributed by atoms with Gasteiger partial charge in [0.05, 0.1) is 0 Å². The van der Waals surface area contributed by atoms with E-state index in [-0.39, 0.29) is 5.54 Å². The Morgan fingerprint density at radius 2 is 1.88 bits per heavy atom. The predicted molar refractivity (Wildman–Crippen MR) is 67.6 cm³/mol. The van der Waals surface area contributed by atoms with Crippen molar-refractivity contribution < 1.29 is 4.79 Å². The molecule has 0 aliphatic carbocycles. The molecule has 0 saturated carbocycles. The maximum Gasteiger partial charge on any atom is 0.134 e. The number of carbonyl (C=O) groups is 1. The summed E-state index contributed by atoms with van der Waals surface area (Å²) in [6.07, 6.45) is 1.40. The third-order valence-electron chi connectivity index (χ3n) is 3.24. The van der Waals surface area contributed by atoms with Crippen molar-refractivity contribution in [3.63, 3.8) is 0 Å². The fourth-order valence-electron chi connectivity index (χ4n) is 2.39. The van der Waals surface area contributed by atoms with Crippen molar-refractivity contribution in [2.75, 3.05) is 26.2 Å². The summed E-state index contributed by atoms with van der Waals surface area (Å²) in [6, 6.07) is 0. The summed E-state index contributed by atoms with van der Waals surface area (Å²) >= 11 is 0. The van der Waals surface area contributed by atoms with Gasteiger partial charge < -0.3 is 5.32 Å². The maximum atomic E-state index is 11.9. The van der Waals surface area contributed by atoms with Crippen LogP contribution >= 0.6 is 0 Å². The van der Waals surface area contributed by atoms with Gasteiger partial charge in [-0.3, -0.25) is 9.69 Å². The number of ketones is 1. The molecule has 94 valence electrons. The summed E-state index contributed by atoms with van der Waals surface area (Å²) in [5.74, 6) is 0.879. The van der Waals surface area contributed by atoms with E-state index in [0.717, 1.165) is 32.6 Å². The quantitative estimate of drug-likeness (QED) is 0.774. The standard InChI is InChI=1S/C13H26N2O/c1-11(2)9-12(16)10-13(3,4)15-7-5-14-6-8-15/h11,14H,5-10H2,1-4H3. The van der Waals surface area contributed by atoms with Gasteiger partial charge in [-0.1, -0.05) is 13.8 Å². The summed E-state index contributed by atoms with van der Waals surface area (Å²) in [6.45, 7) is 12.8. The van der Waals surface area contributed by atoms with Crippen LogP contribution in [-0.4, -0.2) is 42.4 Å². The van der Waals surface area contributed by atoms with Crippen LogP contribution < -0.4 is 5.32 Å². The van der Waals surface area contributed by atoms with Gasteiger partial charge in [-0.15, -0.1) is 0 Å². The summed E-state index contributed by atoms with van der Waals surface area (Å²) in [4.78, 5) is 14.3. The smallest absolute Gasteiger partial charge is 0.134 e. The molecule has 0 aromatic heterocycles. The fourth-order valence-corrected chi connectivity index (χ4v) is 2.39. The Morgan fingerprint density at radius 3 is 2.38 bits per heavy atom. The van der Waals surface area contributed by atoms with Gasteiger partial charge in [0.2, 0.25) is 0 Å². The number of rotatable bonds is 5. The third-order valence-corrected chi connectivity index (χ3v) is 3.24. The molecule has 0 aromatic rings. The van der Waals surface area contributed by atoms with E-state index in [1.165, 1.54) is 0 Å². The van der Waals surface area contributed by atoms with E-state index in [0.29, 0.717) is 18.1 Å². The molecule has 0 atom stereocenters. The lowest BCUT2D eigenvalue weighted by Crippen LogP contribution is -2.54. The van der Waals surface area contributed by atoms with Crippen molar-refractivity contribution in [2.24, 2.45) is 5.92 Å². The van der Waals surface area contributed by atoms with Crippen LogP contribution in [0.25, 0.3) is 0 Å². The van der Waals surface area contributed by atoms with Gasteiger partial charge in [-0.05, 0) is 19.8 Å². The minimum absolute atomic E-state index is 0.0219. The van der Waals surface area contributed by atoms with E-state index < -0.39 is 0 Å². The minimum Gasteiger partial charge on any atom is -0.314 e. The highest BCUT2D eigenvalue weighted by molar-refractivity contribution is 5.79. The van der Waals surface area contributed by atoms with E-state index in [9.17, 15) is 4.79 Å². The van der Waals surface area contributed by atoms with Gasteiger partial charge in [-0.2, -0.15) is 0 Å². The van der Waals surface area contributed by atoms with Crippen molar-refractivity contribution in [3.8, 4) is 0 Å². The first kappa shape index (κ1) is 13.7. The van der Waals surface area contributed by atoms with E-state index in [1.807, 2.05) is 0 Å². The van der Waals surface area contributed by atoms with Gasteiger partial charge in [0.1, 0.15) is 5.78 Å². The lowest BCUT2D eigenvalue weighted by Gasteiger charge is -2.41. The molecular weight excluding hydrogens is 200 g/mol. The minimum atomic E-state index is 0.0219. The van der Waals surface area contributed by atoms with Crippen LogP contribution in [0.2, 0.25) is 0 Å². The second-order valence-electron chi connectivity index (χ2n) is 5.86. The zero-order valence-corrected chi connectivity index (χ0v) is 11.2. The Hall–Kier alpha value is -0.410. The number of Topliss-reactive ketones (excluding diaryl/α,β-unsaturated/α-hetero) is 1. The number of piperazine rings is 1. The summed E-state index contributed by atoms with van der Waals surface area (Å²) in [5, 5.41) is 3.35. The lowest BCUT2D eigenvalue weighted by atomic mass is 9.91. The second-order valence-corrected chi connectivity index (χ2v) is 5.86. The molecule has 16 heavy (non-hydrogen) atoms. The molecule has 1 N–H and O–H groups in total. The molecule has 0 aromatic carbocycles. The average Bonchev–Trinajstić information content (AvgIpc) is 2.16. The molecule has 3 nitrogen and oxygen atoms in total.